The van der Waals surface area contributed by atoms with E-state index < -0.39 is 32.5 Å². The van der Waals surface area contributed by atoms with Crippen molar-refractivity contribution in [2.45, 2.75) is 277 Å². The molecule has 490 valence electrons. The van der Waals surface area contributed by atoms with Gasteiger partial charge in [-0.15, -0.1) is 0 Å². The molecule has 0 saturated carbocycles. The fourth-order valence-electron chi connectivity index (χ4n) is 9.07. The van der Waals surface area contributed by atoms with Crippen molar-refractivity contribution in [1.82, 2.24) is 0 Å². The number of allylic oxidation sites excluding steroid dienone is 24. The molecule has 0 fully saturated rings. The van der Waals surface area contributed by atoms with Crippen LogP contribution in [-0.2, 0) is 32.7 Å². The van der Waals surface area contributed by atoms with Gasteiger partial charge in [0.2, 0.25) is 0 Å². The number of phosphoric acid groups is 1. The summed E-state index contributed by atoms with van der Waals surface area (Å²) in [5, 5.41) is 0. The lowest BCUT2D eigenvalue weighted by Crippen LogP contribution is -2.37. The van der Waals surface area contributed by atoms with E-state index >= 15 is 0 Å². The maximum absolute atomic E-state index is 12.9. The van der Waals surface area contributed by atoms with Crippen LogP contribution in [0, 0.1) is 0 Å². The van der Waals surface area contributed by atoms with Crippen LogP contribution in [0.15, 0.2) is 146 Å². The van der Waals surface area contributed by atoms with Crippen LogP contribution in [0.4, 0.5) is 0 Å². The normalized spacial score (nSPS) is 14.1. The van der Waals surface area contributed by atoms with Crippen molar-refractivity contribution in [3.63, 3.8) is 0 Å². The highest BCUT2D eigenvalue weighted by molar-refractivity contribution is 7.45. The summed E-state index contributed by atoms with van der Waals surface area (Å²) in [5.74, 6) is -0.852. The molecule has 0 amide bonds. The zero-order chi connectivity index (χ0) is 62.6. The molecule has 0 saturated heterocycles. The third-order valence-electron chi connectivity index (χ3n) is 14.3. The van der Waals surface area contributed by atoms with Gasteiger partial charge in [0.05, 0.1) is 27.7 Å². The summed E-state index contributed by atoms with van der Waals surface area (Å²) in [4.78, 5) is 38.0. The van der Waals surface area contributed by atoms with E-state index in [0.717, 1.165) is 128 Å². The highest BCUT2D eigenvalue weighted by atomic mass is 31.2. The van der Waals surface area contributed by atoms with E-state index in [9.17, 15) is 19.0 Å². The van der Waals surface area contributed by atoms with Crippen molar-refractivity contribution in [2.24, 2.45) is 0 Å². The summed E-state index contributed by atoms with van der Waals surface area (Å²) in [6, 6.07) is 0. The zero-order valence-electron chi connectivity index (χ0n) is 55.7. The maximum atomic E-state index is 12.9. The minimum atomic E-state index is -4.65. The maximum Gasteiger partial charge on any atom is 0.306 e. The Bertz CT molecular complexity index is 1960. The van der Waals surface area contributed by atoms with Crippen LogP contribution in [0.25, 0.3) is 0 Å². The van der Waals surface area contributed by atoms with Crippen LogP contribution < -0.4 is 4.89 Å². The molecule has 0 aromatic heterocycles. The minimum Gasteiger partial charge on any atom is -0.756 e. The smallest absolute Gasteiger partial charge is 0.306 e. The first-order valence-corrected chi connectivity index (χ1v) is 36.0. The standard InChI is InChI=1S/C76H128NO8P/c1-6-8-10-12-14-16-18-20-22-24-26-28-29-30-31-32-33-34-35-36-37-38-39-40-41-42-43-44-45-46-47-49-51-53-55-57-59-61-63-65-67-69-76(79)85-74(73-84-86(80,81)83-71-70-77(3,4)5)72-82-75(78)68-66-64-62-60-58-56-54-52-50-48-27-25-23-21-19-17-15-13-11-9-7-2/h8,10,14,16,19-22,25-28,30-31,33-34,36-37,39-40,42-43,50,52,74H,6-7,9,11-13,15,17-18,23-24,29,32,35,38,41,44-49,51,53-73H2,1-5H3/b10-8-,16-14-,21-19-,22-20-,27-25-,28-26-,31-30-,34-33-,37-36-,40-39-,43-42-,52-50-. The first-order chi connectivity index (χ1) is 42.0. The van der Waals surface area contributed by atoms with Crippen molar-refractivity contribution in [2.75, 3.05) is 47.5 Å². The Hall–Kier alpha value is -4.11. The Morgan fingerprint density at radius 3 is 0.988 bits per heavy atom. The van der Waals surface area contributed by atoms with E-state index in [4.69, 9.17) is 18.5 Å². The fraction of sp³-hybridized carbons (Fsp3) is 0.658. The number of unbranched alkanes of at least 4 members (excludes halogenated alkanes) is 24. The van der Waals surface area contributed by atoms with Crippen LogP contribution in [0.1, 0.15) is 271 Å². The average molecular weight is 1210 g/mol. The number of carbonyl (C=O) groups is 2. The van der Waals surface area contributed by atoms with E-state index in [0.29, 0.717) is 23.9 Å². The number of rotatable bonds is 62. The SMILES string of the molecule is CC/C=C\C/C=C\C/C=C\C/C=C\C/C=C\C/C=C\C/C=C\C/C=C\C/C=C\CCCCCCCCCCCCCCCC(=O)OC(COC(=O)CCCCCCCC/C=C\C/C=C\C/C=C\CCCCCCC)COP(=O)([O-])OCC[N+](C)(C)C. The van der Waals surface area contributed by atoms with Gasteiger partial charge in [-0.1, -0.05) is 282 Å². The molecule has 9 nitrogen and oxygen atoms in total. The second-order valence-corrected chi connectivity index (χ2v) is 25.2. The van der Waals surface area contributed by atoms with Gasteiger partial charge in [0, 0.05) is 12.8 Å². The molecule has 0 aliphatic heterocycles. The lowest BCUT2D eigenvalue weighted by Gasteiger charge is -2.28. The van der Waals surface area contributed by atoms with Crippen molar-refractivity contribution < 1.29 is 42.1 Å². The summed E-state index contributed by atoms with van der Waals surface area (Å²) in [6.45, 7) is 4.10. The van der Waals surface area contributed by atoms with Crippen LogP contribution in [0.2, 0.25) is 0 Å². The number of esters is 2. The first-order valence-electron chi connectivity index (χ1n) is 34.5. The third-order valence-corrected chi connectivity index (χ3v) is 15.3. The minimum absolute atomic E-state index is 0.0393. The molecule has 0 rings (SSSR count). The molecule has 0 bridgehead atoms. The molecule has 0 aromatic carbocycles. The first kappa shape index (κ1) is 81.9. The second kappa shape index (κ2) is 65.3. The molecule has 2 atom stereocenters. The average Bonchev–Trinajstić information content (AvgIpc) is 3.70. The number of hydrogen-bond donors (Lipinski definition) is 0. The number of phosphoric ester groups is 1. The van der Waals surface area contributed by atoms with E-state index in [2.05, 4.69) is 160 Å². The van der Waals surface area contributed by atoms with E-state index in [1.807, 2.05) is 21.1 Å². The van der Waals surface area contributed by atoms with E-state index in [1.54, 1.807) is 0 Å². The number of likely N-dealkylation sites (N-methyl/N-ethyl adjacent to an activating group) is 1. The van der Waals surface area contributed by atoms with Crippen LogP contribution in [0.3, 0.4) is 0 Å². The summed E-state index contributed by atoms with van der Waals surface area (Å²) in [5.41, 5.74) is 0. The predicted molar refractivity (Wildman–Crippen MR) is 369 cm³/mol. The van der Waals surface area contributed by atoms with Gasteiger partial charge >= 0.3 is 11.9 Å². The van der Waals surface area contributed by atoms with Gasteiger partial charge in [-0.25, -0.2) is 0 Å². The number of ether oxygens (including phenoxy) is 2. The molecule has 10 heteroatoms. The Balaban J connectivity index is 4.08. The van der Waals surface area contributed by atoms with Crippen molar-refractivity contribution in [3.8, 4) is 0 Å². The second-order valence-electron chi connectivity index (χ2n) is 23.8. The molecule has 0 aromatic rings. The van der Waals surface area contributed by atoms with E-state index in [1.165, 1.54) is 103 Å². The molecule has 0 heterocycles. The molecular weight excluding hydrogens is 1090 g/mol. The summed E-state index contributed by atoms with van der Waals surface area (Å²) in [7, 11) is 1.15. The number of carbonyl (C=O) groups excluding carboxylic acids is 2. The lowest BCUT2D eigenvalue weighted by molar-refractivity contribution is -0.870. The Kier molecular flexibility index (Phi) is 62.2. The van der Waals surface area contributed by atoms with Gasteiger partial charge in [0.25, 0.3) is 7.82 Å². The van der Waals surface area contributed by atoms with Crippen LogP contribution in [-0.4, -0.2) is 70.0 Å². The number of hydrogen-bond acceptors (Lipinski definition) is 8. The molecule has 2 unspecified atom stereocenters. The van der Waals surface area contributed by atoms with E-state index in [-0.39, 0.29) is 26.1 Å². The fourth-order valence-corrected chi connectivity index (χ4v) is 9.80. The van der Waals surface area contributed by atoms with Gasteiger partial charge < -0.3 is 27.9 Å². The molecule has 0 radical (unpaired) electrons. The van der Waals surface area contributed by atoms with Crippen molar-refractivity contribution in [3.05, 3.63) is 146 Å². The molecule has 0 N–H and O–H groups in total. The van der Waals surface area contributed by atoms with Gasteiger partial charge in [0.15, 0.2) is 6.10 Å². The molecule has 86 heavy (non-hydrogen) atoms. The van der Waals surface area contributed by atoms with Gasteiger partial charge in [-0.05, 0) is 122 Å². The Labute approximate surface area is 529 Å². The van der Waals surface area contributed by atoms with Crippen molar-refractivity contribution in [1.29, 1.82) is 0 Å². The topological polar surface area (TPSA) is 111 Å². The van der Waals surface area contributed by atoms with Crippen LogP contribution >= 0.6 is 7.82 Å². The Morgan fingerprint density at radius 1 is 0.372 bits per heavy atom. The highest BCUT2D eigenvalue weighted by Crippen LogP contribution is 2.38. The lowest BCUT2D eigenvalue weighted by atomic mass is 10.0. The molecule has 0 spiro atoms. The largest absolute Gasteiger partial charge is 0.756 e. The highest BCUT2D eigenvalue weighted by Gasteiger charge is 2.22. The third kappa shape index (κ3) is 69.0. The van der Waals surface area contributed by atoms with Gasteiger partial charge in [-0.2, -0.15) is 0 Å². The molecular formula is C76H128NO8P. The van der Waals surface area contributed by atoms with Gasteiger partial charge in [0.1, 0.15) is 19.8 Å². The summed E-state index contributed by atoms with van der Waals surface area (Å²) >= 11 is 0. The van der Waals surface area contributed by atoms with Gasteiger partial charge in [-0.3, -0.25) is 14.2 Å². The number of quaternary nitrogens is 1. The molecule has 0 aliphatic rings. The van der Waals surface area contributed by atoms with Crippen molar-refractivity contribution >= 4 is 19.8 Å². The van der Waals surface area contributed by atoms with Crippen LogP contribution in [0.5, 0.6) is 0 Å². The quantitative estimate of drug-likeness (QED) is 0.0195. The zero-order valence-corrected chi connectivity index (χ0v) is 56.6. The predicted octanol–water partition coefficient (Wildman–Crippen LogP) is 22.0. The summed E-state index contributed by atoms with van der Waals surface area (Å²) < 4.78 is 34.3. The monoisotopic (exact) mass is 1210 g/mol. The number of nitrogens with zero attached hydrogens (tertiary/aromatic N) is 1. The molecule has 0 aliphatic carbocycles. The summed E-state index contributed by atoms with van der Waals surface area (Å²) in [6.07, 6.45) is 96.3. The Morgan fingerprint density at radius 2 is 0.663 bits per heavy atom.